The van der Waals surface area contributed by atoms with Crippen LogP contribution in [0.25, 0.3) is 10.2 Å². The fourth-order valence-electron chi connectivity index (χ4n) is 2.79. The molecule has 1 aromatic heterocycles. The first-order valence-electron chi connectivity index (χ1n) is 9.34. The second-order valence-electron chi connectivity index (χ2n) is 6.32. The Morgan fingerprint density at radius 1 is 0.933 bits per heavy atom. The highest BCUT2D eigenvalue weighted by Crippen LogP contribution is 2.28. The number of anilines is 1. The van der Waals surface area contributed by atoms with Crippen LogP contribution >= 0.6 is 11.3 Å². The molecule has 0 aliphatic carbocycles. The number of carbonyl (C=O) groups excluding carboxylic acids is 2. The van der Waals surface area contributed by atoms with Crippen molar-refractivity contribution < 1.29 is 19.1 Å². The molecule has 0 radical (unpaired) electrons. The van der Waals surface area contributed by atoms with Crippen molar-refractivity contribution >= 4 is 38.6 Å². The van der Waals surface area contributed by atoms with Gasteiger partial charge in [0.15, 0.2) is 5.13 Å². The molecule has 1 heterocycles. The Balaban J connectivity index is 1.45. The second kappa shape index (κ2) is 8.75. The van der Waals surface area contributed by atoms with E-state index in [1.54, 1.807) is 49.4 Å². The summed E-state index contributed by atoms with van der Waals surface area (Å²) in [5.41, 5.74) is 1.65. The SMILES string of the molecule is CCOC(=O)c1ccc2nc(NC(=O)c3ccc(Oc4ccccc4)cc3)sc2c1. The van der Waals surface area contributed by atoms with Crippen LogP contribution in [0.2, 0.25) is 0 Å². The van der Waals surface area contributed by atoms with Crippen molar-refractivity contribution in [2.75, 3.05) is 11.9 Å². The fraction of sp³-hybridized carbons (Fsp3) is 0.0870. The largest absolute Gasteiger partial charge is 0.462 e. The number of benzene rings is 3. The molecule has 0 fully saturated rings. The molecule has 3 aromatic carbocycles. The molecule has 7 heteroatoms. The Morgan fingerprint density at radius 3 is 2.37 bits per heavy atom. The first-order chi connectivity index (χ1) is 14.6. The number of hydrogen-bond acceptors (Lipinski definition) is 6. The van der Waals surface area contributed by atoms with Crippen LogP contribution in [0.15, 0.2) is 72.8 Å². The van der Waals surface area contributed by atoms with Gasteiger partial charge in [0.05, 0.1) is 22.4 Å². The summed E-state index contributed by atoms with van der Waals surface area (Å²) in [5.74, 6) is 0.720. The number of aromatic nitrogens is 1. The minimum absolute atomic E-state index is 0.272. The maximum atomic E-state index is 12.6. The van der Waals surface area contributed by atoms with Gasteiger partial charge in [0.1, 0.15) is 11.5 Å². The average Bonchev–Trinajstić information content (AvgIpc) is 3.16. The zero-order valence-corrected chi connectivity index (χ0v) is 16.9. The van der Waals surface area contributed by atoms with Gasteiger partial charge >= 0.3 is 5.97 Å². The number of carbonyl (C=O) groups is 2. The molecule has 6 nitrogen and oxygen atoms in total. The summed E-state index contributed by atoms with van der Waals surface area (Å²) in [6.45, 7) is 2.08. The molecule has 0 bridgehead atoms. The van der Waals surface area contributed by atoms with Crippen molar-refractivity contribution in [3.63, 3.8) is 0 Å². The van der Waals surface area contributed by atoms with E-state index in [1.165, 1.54) is 11.3 Å². The van der Waals surface area contributed by atoms with Crippen molar-refractivity contribution in [3.8, 4) is 11.5 Å². The summed E-state index contributed by atoms with van der Waals surface area (Å²) >= 11 is 1.30. The summed E-state index contributed by atoms with van der Waals surface area (Å²) in [6.07, 6.45) is 0. The quantitative estimate of drug-likeness (QED) is 0.417. The fourth-order valence-corrected chi connectivity index (χ4v) is 3.69. The molecule has 150 valence electrons. The highest BCUT2D eigenvalue weighted by atomic mass is 32.1. The van der Waals surface area contributed by atoms with Crippen molar-refractivity contribution in [1.29, 1.82) is 0 Å². The van der Waals surface area contributed by atoms with Gasteiger partial charge in [-0.25, -0.2) is 9.78 Å². The Hall–Kier alpha value is -3.71. The van der Waals surface area contributed by atoms with Gasteiger partial charge in [-0.3, -0.25) is 10.1 Å². The Labute approximate surface area is 177 Å². The molecule has 0 aliphatic heterocycles. The lowest BCUT2D eigenvalue weighted by atomic mass is 10.2. The number of nitrogens with zero attached hydrogens (tertiary/aromatic N) is 1. The number of rotatable bonds is 6. The molecule has 0 unspecified atom stereocenters. The van der Waals surface area contributed by atoms with Gasteiger partial charge in [0, 0.05) is 5.56 Å². The van der Waals surface area contributed by atoms with Crippen molar-refractivity contribution in [2.24, 2.45) is 0 Å². The first-order valence-corrected chi connectivity index (χ1v) is 10.2. The molecular weight excluding hydrogens is 400 g/mol. The zero-order chi connectivity index (χ0) is 20.9. The van der Waals surface area contributed by atoms with Crippen LogP contribution in [0.1, 0.15) is 27.6 Å². The van der Waals surface area contributed by atoms with Gasteiger partial charge in [-0.15, -0.1) is 0 Å². The van der Waals surface area contributed by atoms with Crippen molar-refractivity contribution in [3.05, 3.63) is 83.9 Å². The van der Waals surface area contributed by atoms with E-state index in [0.717, 1.165) is 10.4 Å². The lowest BCUT2D eigenvalue weighted by molar-refractivity contribution is 0.0526. The summed E-state index contributed by atoms with van der Waals surface area (Å²) in [7, 11) is 0. The highest BCUT2D eigenvalue weighted by Gasteiger charge is 2.13. The zero-order valence-electron chi connectivity index (χ0n) is 16.1. The lowest BCUT2D eigenvalue weighted by Gasteiger charge is -2.06. The van der Waals surface area contributed by atoms with Gasteiger partial charge in [0.2, 0.25) is 0 Å². The number of hydrogen-bond donors (Lipinski definition) is 1. The summed E-state index contributed by atoms with van der Waals surface area (Å²) in [4.78, 5) is 28.9. The smallest absolute Gasteiger partial charge is 0.338 e. The van der Waals surface area contributed by atoms with E-state index in [-0.39, 0.29) is 11.9 Å². The number of esters is 1. The van der Waals surface area contributed by atoms with Crippen LogP contribution in [-0.2, 0) is 4.74 Å². The molecule has 30 heavy (non-hydrogen) atoms. The number of ether oxygens (including phenoxy) is 2. The summed E-state index contributed by atoms with van der Waals surface area (Å²) in [6, 6.07) is 21.4. The van der Waals surface area contributed by atoms with Crippen LogP contribution in [0.5, 0.6) is 11.5 Å². The van der Waals surface area contributed by atoms with E-state index in [0.29, 0.717) is 34.1 Å². The molecule has 1 N–H and O–H groups in total. The van der Waals surface area contributed by atoms with Crippen LogP contribution < -0.4 is 10.1 Å². The minimum Gasteiger partial charge on any atom is -0.462 e. The van der Waals surface area contributed by atoms with Crippen LogP contribution in [-0.4, -0.2) is 23.5 Å². The molecule has 1 amide bonds. The third-order valence-electron chi connectivity index (χ3n) is 4.22. The average molecular weight is 418 g/mol. The van der Waals surface area contributed by atoms with Gasteiger partial charge in [-0.05, 0) is 61.5 Å². The molecule has 0 aliphatic rings. The van der Waals surface area contributed by atoms with Crippen molar-refractivity contribution in [1.82, 2.24) is 4.98 Å². The first kappa shape index (κ1) is 19.6. The van der Waals surface area contributed by atoms with E-state index in [2.05, 4.69) is 10.3 Å². The van der Waals surface area contributed by atoms with Gasteiger partial charge < -0.3 is 9.47 Å². The van der Waals surface area contributed by atoms with E-state index in [1.807, 2.05) is 30.3 Å². The second-order valence-corrected chi connectivity index (χ2v) is 7.35. The topological polar surface area (TPSA) is 77.5 Å². The molecule has 4 aromatic rings. The molecule has 0 saturated heterocycles. The van der Waals surface area contributed by atoms with E-state index in [9.17, 15) is 9.59 Å². The van der Waals surface area contributed by atoms with E-state index in [4.69, 9.17) is 9.47 Å². The lowest BCUT2D eigenvalue weighted by Crippen LogP contribution is -2.11. The van der Waals surface area contributed by atoms with Crippen LogP contribution in [0, 0.1) is 0 Å². The number of para-hydroxylation sites is 1. The van der Waals surface area contributed by atoms with E-state index >= 15 is 0 Å². The van der Waals surface area contributed by atoms with Crippen LogP contribution in [0.3, 0.4) is 0 Å². The predicted molar refractivity (Wildman–Crippen MR) is 116 cm³/mol. The maximum absolute atomic E-state index is 12.6. The Bertz CT molecular complexity index is 1190. The molecule has 0 atom stereocenters. The summed E-state index contributed by atoms with van der Waals surface area (Å²) in [5, 5.41) is 3.26. The number of fused-ring (bicyclic) bond motifs is 1. The molecule has 0 spiro atoms. The summed E-state index contributed by atoms with van der Waals surface area (Å²) < 4.78 is 11.6. The van der Waals surface area contributed by atoms with Crippen LogP contribution in [0.4, 0.5) is 5.13 Å². The molecule has 4 rings (SSSR count). The highest BCUT2D eigenvalue weighted by molar-refractivity contribution is 7.22. The van der Waals surface area contributed by atoms with Crippen molar-refractivity contribution in [2.45, 2.75) is 6.92 Å². The number of nitrogens with one attached hydrogen (secondary N) is 1. The van der Waals surface area contributed by atoms with Gasteiger partial charge in [0.25, 0.3) is 5.91 Å². The van der Waals surface area contributed by atoms with E-state index < -0.39 is 0 Å². The molecular formula is C23H18N2O4S. The molecule has 0 saturated carbocycles. The monoisotopic (exact) mass is 418 g/mol. The number of thiazole rings is 1. The number of amides is 1. The predicted octanol–water partition coefficient (Wildman–Crippen LogP) is 5.52. The maximum Gasteiger partial charge on any atom is 0.338 e. The minimum atomic E-state index is -0.379. The Morgan fingerprint density at radius 2 is 1.63 bits per heavy atom. The standard InChI is InChI=1S/C23H18N2O4S/c1-2-28-22(27)16-10-13-19-20(14-16)30-23(24-19)25-21(26)15-8-11-18(12-9-15)29-17-6-4-3-5-7-17/h3-14H,2H2,1H3,(H,24,25,26). The van der Waals surface area contributed by atoms with Gasteiger partial charge in [-0.2, -0.15) is 0 Å². The third kappa shape index (κ3) is 4.47. The van der Waals surface area contributed by atoms with Gasteiger partial charge in [-0.1, -0.05) is 29.5 Å². The Kier molecular flexibility index (Phi) is 5.72. The third-order valence-corrected chi connectivity index (χ3v) is 5.15. The normalized spacial score (nSPS) is 10.6.